The van der Waals surface area contributed by atoms with Crippen LogP contribution in [0.4, 0.5) is 0 Å². The molecule has 0 radical (unpaired) electrons. The number of hydrogen-bond acceptors (Lipinski definition) is 3. The molecule has 0 aliphatic carbocycles. The molecule has 1 aromatic carbocycles. The van der Waals surface area contributed by atoms with Gasteiger partial charge in [-0.2, -0.15) is 0 Å². The summed E-state index contributed by atoms with van der Waals surface area (Å²) in [6.07, 6.45) is 2.34. The van der Waals surface area contributed by atoms with Crippen LogP contribution in [-0.2, 0) is 22.7 Å². The van der Waals surface area contributed by atoms with Crippen LogP contribution in [0.2, 0.25) is 0 Å². The first-order valence-corrected chi connectivity index (χ1v) is 9.64. The van der Waals surface area contributed by atoms with Crippen LogP contribution in [0.5, 0.6) is 0 Å². The van der Waals surface area contributed by atoms with E-state index in [1.165, 1.54) is 0 Å². The molecule has 2 unspecified atom stereocenters. The van der Waals surface area contributed by atoms with Gasteiger partial charge in [-0.25, -0.2) is 4.79 Å². The number of aromatic nitrogens is 2. The van der Waals surface area contributed by atoms with E-state index in [2.05, 4.69) is 0 Å². The van der Waals surface area contributed by atoms with Crippen molar-refractivity contribution in [2.24, 2.45) is 5.92 Å². The molecule has 3 rings (SSSR count). The van der Waals surface area contributed by atoms with Gasteiger partial charge in [-0.1, -0.05) is 19.1 Å². The average Bonchev–Trinajstić information content (AvgIpc) is 2.92. The van der Waals surface area contributed by atoms with Crippen LogP contribution in [0, 0.1) is 5.92 Å². The Morgan fingerprint density at radius 3 is 2.33 bits per heavy atom. The number of likely N-dealkylation sites (tertiary alicyclic amines) is 1. The van der Waals surface area contributed by atoms with Crippen molar-refractivity contribution in [3.05, 3.63) is 34.7 Å². The van der Waals surface area contributed by atoms with Gasteiger partial charge in [-0.15, -0.1) is 0 Å². The zero-order chi connectivity index (χ0) is 19.6. The minimum atomic E-state index is -0.849. The van der Waals surface area contributed by atoms with Gasteiger partial charge in [0.1, 0.15) is 0 Å². The quantitative estimate of drug-likeness (QED) is 0.842. The number of amides is 1. The molecular weight excluding hydrogens is 346 g/mol. The summed E-state index contributed by atoms with van der Waals surface area (Å²) >= 11 is 0. The third-order valence-electron chi connectivity index (χ3n) is 5.47. The average molecular weight is 373 g/mol. The van der Waals surface area contributed by atoms with E-state index in [0.29, 0.717) is 25.9 Å². The number of aliphatic carboxylic acids is 1. The minimum absolute atomic E-state index is 0.0336. The van der Waals surface area contributed by atoms with E-state index in [-0.39, 0.29) is 30.6 Å². The largest absolute Gasteiger partial charge is 0.481 e. The molecule has 0 spiro atoms. The molecule has 2 atom stereocenters. The molecule has 1 aliphatic rings. The first-order chi connectivity index (χ1) is 12.9. The van der Waals surface area contributed by atoms with Gasteiger partial charge in [-0.05, 0) is 38.3 Å². The molecule has 1 saturated heterocycles. The van der Waals surface area contributed by atoms with E-state index in [4.69, 9.17) is 0 Å². The lowest BCUT2D eigenvalue weighted by Gasteiger charge is -2.36. The summed E-state index contributed by atoms with van der Waals surface area (Å²) in [5, 5.41) is 9.25. The first-order valence-electron chi connectivity index (χ1n) is 9.64. The van der Waals surface area contributed by atoms with Gasteiger partial charge in [0.05, 0.1) is 17.0 Å². The molecule has 0 saturated carbocycles. The topological polar surface area (TPSA) is 84.5 Å². The molecule has 0 bridgehead atoms. The number of benzene rings is 1. The number of fused-ring (bicyclic) bond motifs is 1. The number of hydrogen-bond donors (Lipinski definition) is 1. The van der Waals surface area contributed by atoms with E-state index in [1.54, 1.807) is 14.0 Å². The minimum Gasteiger partial charge on any atom is -0.481 e. The Morgan fingerprint density at radius 2 is 1.74 bits per heavy atom. The number of carboxylic acid groups (broad SMARTS) is 1. The zero-order valence-corrected chi connectivity index (χ0v) is 15.9. The maximum absolute atomic E-state index is 12.8. The van der Waals surface area contributed by atoms with Crippen LogP contribution < -0.4 is 5.69 Å². The van der Waals surface area contributed by atoms with Crippen LogP contribution in [0.3, 0.4) is 0 Å². The van der Waals surface area contributed by atoms with Crippen molar-refractivity contribution in [1.82, 2.24) is 14.0 Å². The summed E-state index contributed by atoms with van der Waals surface area (Å²) in [5.74, 6) is -1.44. The molecule has 1 fully saturated rings. The van der Waals surface area contributed by atoms with Crippen LogP contribution in [0.1, 0.15) is 39.5 Å². The molecule has 1 amide bonds. The number of aryl methyl sites for hydroxylation is 2. The summed E-state index contributed by atoms with van der Waals surface area (Å²) in [5.41, 5.74) is 1.62. The molecule has 1 aliphatic heterocycles. The second-order valence-corrected chi connectivity index (χ2v) is 7.33. The molecule has 27 heavy (non-hydrogen) atoms. The summed E-state index contributed by atoms with van der Waals surface area (Å²) in [6, 6.07) is 7.66. The molecule has 2 heterocycles. The Morgan fingerprint density at radius 1 is 1.11 bits per heavy atom. The van der Waals surface area contributed by atoms with Crippen LogP contribution in [0.25, 0.3) is 11.0 Å². The number of imidazole rings is 1. The van der Waals surface area contributed by atoms with E-state index >= 15 is 0 Å². The standard InChI is InChI=1S/C20H27N3O4/c1-3-11-21-16-6-4-5-7-17(16)22(20(21)27)12-10-18(24)23-13-15(19(25)26)9-8-14(23)2/h4-7,14-15H,3,8-13H2,1-2H3,(H,25,26). The van der Waals surface area contributed by atoms with Crippen molar-refractivity contribution in [1.29, 1.82) is 0 Å². The van der Waals surface area contributed by atoms with Crippen molar-refractivity contribution in [2.45, 2.75) is 58.7 Å². The molecular formula is C20H27N3O4. The monoisotopic (exact) mass is 373 g/mol. The van der Waals surface area contributed by atoms with Gasteiger partial charge in [0.25, 0.3) is 0 Å². The fourth-order valence-corrected chi connectivity index (χ4v) is 3.94. The highest BCUT2D eigenvalue weighted by Gasteiger charge is 2.32. The Labute approximate surface area is 158 Å². The zero-order valence-electron chi connectivity index (χ0n) is 15.9. The van der Waals surface area contributed by atoms with Gasteiger partial charge in [0.15, 0.2) is 0 Å². The third kappa shape index (κ3) is 3.77. The number of carbonyl (C=O) groups excluding carboxylic acids is 1. The maximum Gasteiger partial charge on any atom is 0.329 e. The summed E-state index contributed by atoms with van der Waals surface area (Å²) in [7, 11) is 0. The van der Waals surface area contributed by atoms with E-state index < -0.39 is 11.9 Å². The molecule has 7 heteroatoms. The Balaban J connectivity index is 1.78. The number of nitrogens with zero attached hydrogens (tertiary/aromatic N) is 3. The molecule has 2 aromatic rings. The molecule has 1 aromatic heterocycles. The van der Waals surface area contributed by atoms with E-state index in [9.17, 15) is 19.5 Å². The predicted octanol–water partition coefficient (Wildman–Crippen LogP) is 2.31. The number of carboxylic acids is 1. The fourth-order valence-electron chi connectivity index (χ4n) is 3.94. The number of para-hydroxylation sites is 2. The third-order valence-corrected chi connectivity index (χ3v) is 5.47. The second-order valence-electron chi connectivity index (χ2n) is 7.33. The lowest BCUT2D eigenvalue weighted by Crippen LogP contribution is -2.47. The van der Waals surface area contributed by atoms with E-state index in [1.807, 2.05) is 38.1 Å². The van der Waals surface area contributed by atoms with Crippen molar-refractivity contribution in [3.63, 3.8) is 0 Å². The summed E-state index contributed by atoms with van der Waals surface area (Å²) in [6.45, 7) is 5.18. The van der Waals surface area contributed by atoms with Gasteiger partial charge in [-0.3, -0.25) is 18.7 Å². The van der Waals surface area contributed by atoms with Gasteiger partial charge >= 0.3 is 11.7 Å². The Kier molecular flexibility index (Phi) is 5.68. The Hall–Kier alpha value is -2.57. The van der Waals surface area contributed by atoms with Crippen molar-refractivity contribution < 1.29 is 14.7 Å². The highest BCUT2D eigenvalue weighted by molar-refractivity contribution is 5.79. The number of carbonyl (C=O) groups is 2. The van der Waals surface area contributed by atoms with Crippen LogP contribution in [-0.4, -0.2) is 43.6 Å². The second kappa shape index (κ2) is 7.98. The molecule has 7 nitrogen and oxygen atoms in total. The maximum atomic E-state index is 12.8. The van der Waals surface area contributed by atoms with Crippen LogP contribution in [0.15, 0.2) is 29.1 Å². The summed E-state index contributed by atoms with van der Waals surface area (Å²) in [4.78, 5) is 38.5. The fraction of sp³-hybridized carbons (Fsp3) is 0.550. The van der Waals surface area contributed by atoms with Gasteiger partial charge in [0.2, 0.25) is 5.91 Å². The molecule has 1 N–H and O–H groups in total. The van der Waals surface area contributed by atoms with Crippen molar-refractivity contribution in [2.75, 3.05) is 6.54 Å². The highest BCUT2D eigenvalue weighted by Crippen LogP contribution is 2.23. The number of rotatable bonds is 6. The number of piperidine rings is 1. The lowest BCUT2D eigenvalue weighted by atomic mass is 9.93. The van der Waals surface area contributed by atoms with Gasteiger partial charge in [0, 0.05) is 32.1 Å². The molecule has 146 valence electrons. The Bertz CT molecular complexity index is 898. The SMILES string of the molecule is CCCn1c(=O)n(CCC(=O)N2CC(C(=O)O)CCC2C)c2ccccc21. The van der Waals surface area contributed by atoms with Crippen molar-refractivity contribution in [3.8, 4) is 0 Å². The first kappa shape index (κ1) is 19.2. The van der Waals surface area contributed by atoms with Crippen LogP contribution >= 0.6 is 0 Å². The van der Waals surface area contributed by atoms with Crippen molar-refractivity contribution >= 4 is 22.9 Å². The summed E-state index contributed by atoms with van der Waals surface area (Å²) < 4.78 is 3.41. The van der Waals surface area contributed by atoms with Gasteiger partial charge < -0.3 is 10.0 Å². The predicted molar refractivity (Wildman–Crippen MR) is 103 cm³/mol. The lowest BCUT2D eigenvalue weighted by molar-refractivity contribution is -0.147. The normalized spacial score (nSPS) is 20.1. The van der Waals surface area contributed by atoms with E-state index in [0.717, 1.165) is 17.5 Å². The smallest absolute Gasteiger partial charge is 0.329 e. The highest BCUT2D eigenvalue weighted by atomic mass is 16.4.